The number of rotatable bonds is 3. The van der Waals surface area contributed by atoms with E-state index in [2.05, 4.69) is 10.1 Å². The van der Waals surface area contributed by atoms with Gasteiger partial charge in [0, 0.05) is 24.8 Å². The van der Waals surface area contributed by atoms with Crippen LogP contribution < -0.4 is 10.6 Å². The third kappa shape index (κ3) is 2.58. The fraction of sp³-hybridized carbons (Fsp3) is 0.357. The van der Waals surface area contributed by atoms with Gasteiger partial charge >= 0.3 is 6.18 Å². The Hall–Kier alpha value is -2.62. The summed E-state index contributed by atoms with van der Waals surface area (Å²) in [4.78, 5) is 17.2. The van der Waals surface area contributed by atoms with Crippen molar-refractivity contribution >= 4 is 11.7 Å². The predicted molar refractivity (Wildman–Crippen MR) is 77.8 cm³/mol. The van der Waals surface area contributed by atoms with Crippen LogP contribution >= 0.6 is 0 Å². The van der Waals surface area contributed by atoms with E-state index < -0.39 is 29.4 Å². The molecule has 0 atom stereocenters. The number of primary amides is 1. The van der Waals surface area contributed by atoms with E-state index in [-0.39, 0.29) is 5.69 Å². The number of halogens is 3. The number of amides is 1. The van der Waals surface area contributed by atoms with E-state index in [1.165, 1.54) is 12.3 Å². The Morgan fingerprint density at radius 2 is 2.08 bits per heavy atom. The quantitative estimate of drug-likeness (QED) is 0.864. The van der Waals surface area contributed by atoms with Crippen molar-refractivity contribution in [2.24, 2.45) is 5.73 Å². The number of nitrogens with two attached hydrogens (primary N) is 1. The number of β-amino-alcohol motifs (C(OH)–C–C–N with tert-alkyl or cyclic N) is 1. The van der Waals surface area contributed by atoms with Crippen LogP contribution in [-0.4, -0.2) is 45.0 Å². The first-order valence-electron chi connectivity index (χ1n) is 7.04. The lowest BCUT2D eigenvalue weighted by Gasteiger charge is -2.37. The van der Waals surface area contributed by atoms with Gasteiger partial charge in [-0.3, -0.25) is 4.79 Å². The maximum absolute atomic E-state index is 13.4. The molecule has 7 nitrogen and oxygen atoms in total. The SMILES string of the molecule is Cc1c(-n2ncc(C(N)=O)c2C(F)(F)F)ccnc1N1CC(O)C1. The molecule has 3 rings (SSSR count). The fourth-order valence-corrected chi connectivity index (χ4v) is 2.68. The molecule has 0 saturated carbocycles. The molecule has 0 aromatic carbocycles. The number of aromatic nitrogens is 3. The van der Waals surface area contributed by atoms with Crippen LogP contribution in [0.1, 0.15) is 21.6 Å². The fourth-order valence-electron chi connectivity index (χ4n) is 2.68. The molecule has 1 saturated heterocycles. The van der Waals surface area contributed by atoms with E-state index in [4.69, 9.17) is 5.73 Å². The second-order valence-corrected chi connectivity index (χ2v) is 5.52. The number of carbonyl (C=O) groups is 1. The highest BCUT2D eigenvalue weighted by Crippen LogP contribution is 2.35. The van der Waals surface area contributed by atoms with Crippen LogP contribution in [0.3, 0.4) is 0 Å². The summed E-state index contributed by atoms with van der Waals surface area (Å²) >= 11 is 0. The zero-order valence-corrected chi connectivity index (χ0v) is 12.6. The average molecular weight is 341 g/mol. The van der Waals surface area contributed by atoms with Crippen molar-refractivity contribution in [3.05, 3.63) is 35.3 Å². The number of pyridine rings is 1. The number of hydrogen-bond acceptors (Lipinski definition) is 5. The molecule has 0 spiro atoms. The van der Waals surface area contributed by atoms with Gasteiger partial charge in [-0.05, 0) is 13.0 Å². The molecule has 1 aliphatic rings. The number of anilines is 1. The standard InChI is InChI=1S/C14H14F3N5O2/c1-7-10(2-3-19-13(7)21-5-8(23)6-21)22-11(14(15,16)17)9(4-20-22)12(18)24/h2-4,8,23H,5-6H2,1H3,(H2,18,24). The number of aliphatic hydroxyl groups is 1. The molecular formula is C14H14F3N5O2. The van der Waals surface area contributed by atoms with Crippen LogP contribution in [0.15, 0.2) is 18.5 Å². The van der Waals surface area contributed by atoms with Crippen LogP contribution in [0, 0.1) is 6.92 Å². The van der Waals surface area contributed by atoms with Gasteiger partial charge < -0.3 is 15.7 Å². The summed E-state index contributed by atoms with van der Waals surface area (Å²) in [6.07, 6.45) is -3.12. The lowest BCUT2D eigenvalue weighted by molar-refractivity contribution is -0.143. The maximum atomic E-state index is 13.4. The highest BCUT2D eigenvalue weighted by atomic mass is 19.4. The molecule has 24 heavy (non-hydrogen) atoms. The van der Waals surface area contributed by atoms with E-state index in [0.717, 1.165) is 6.20 Å². The first-order valence-corrected chi connectivity index (χ1v) is 7.04. The Morgan fingerprint density at radius 1 is 1.42 bits per heavy atom. The molecule has 0 radical (unpaired) electrons. The van der Waals surface area contributed by atoms with Crippen molar-refractivity contribution in [3.8, 4) is 5.69 Å². The summed E-state index contributed by atoms with van der Waals surface area (Å²) in [6.45, 7) is 2.32. The van der Waals surface area contributed by atoms with Crippen LogP contribution in [0.2, 0.25) is 0 Å². The van der Waals surface area contributed by atoms with Gasteiger partial charge in [0.15, 0.2) is 5.69 Å². The molecule has 0 aliphatic carbocycles. The van der Waals surface area contributed by atoms with Crippen molar-refractivity contribution in [2.75, 3.05) is 18.0 Å². The molecule has 128 valence electrons. The van der Waals surface area contributed by atoms with Crippen LogP contribution in [-0.2, 0) is 6.18 Å². The lowest BCUT2D eigenvalue weighted by atomic mass is 10.1. The lowest BCUT2D eigenvalue weighted by Crippen LogP contribution is -2.51. The Morgan fingerprint density at radius 3 is 2.62 bits per heavy atom. The van der Waals surface area contributed by atoms with E-state index in [9.17, 15) is 23.1 Å². The largest absolute Gasteiger partial charge is 0.434 e. The highest BCUT2D eigenvalue weighted by Gasteiger charge is 2.40. The van der Waals surface area contributed by atoms with E-state index in [0.29, 0.717) is 29.2 Å². The smallest absolute Gasteiger partial charge is 0.389 e. The maximum Gasteiger partial charge on any atom is 0.434 e. The van der Waals surface area contributed by atoms with Crippen molar-refractivity contribution in [1.29, 1.82) is 0 Å². The Bertz CT molecular complexity index is 796. The third-order valence-electron chi connectivity index (χ3n) is 3.84. The molecule has 10 heteroatoms. The molecule has 3 heterocycles. The van der Waals surface area contributed by atoms with Gasteiger partial charge in [0.25, 0.3) is 5.91 Å². The first kappa shape index (κ1) is 16.2. The molecule has 1 fully saturated rings. The average Bonchev–Trinajstić information content (AvgIpc) is 2.89. The van der Waals surface area contributed by atoms with Crippen molar-refractivity contribution in [3.63, 3.8) is 0 Å². The summed E-state index contributed by atoms with van der Waals surface area (Å²) < 4.78 is 40.8. The van der Waals surface area contributed by atoms with E-state index in [1.54, 1.807) is 11.8 Å². The third-order valence-corrected chi connectivity index (χ3v) is 3.84. The minimum Gasteiger partial charge on any atom is -0.389 e. The predicted octanol–water partition coefficient (Wildman–Crippen LogP) is 0.874. The molecular weight excluding hydrogens is 327 g/mol. The van der Waals surface area contributed by atoms with Gasteiger partial charge in [0.2, 0.25) is 0 Å². The topological polar surface area (TPSA) is 97.3 Å². The van der Waals surface area contributed by atoms with E-state index in [1.807, 2.05) is 0 Å². The number of carbonyl (C=O) groups excluding carboxylic acids is 1. The highest BCUT2D eigenvalue weighted by molar-refractivity contribution is 5.94. The van der Waals surface area contributed by atoms with E-state index >= 15 is 0 Å². The second kappa shape index (κ2) is 5.48. The first-order chi connectivity index (χ1) is 11.2. The van der Waals surface area contributed by atoms with Gasteiger partial charge in [-0.25, -0.2) is 9.67 Å². The van der Waals surface area contributed by atoms with Gasteiger partial charge in [0.1, 0.15) is 5.82 Å². The molecule has 3 N–H and O–H groups in total. The summed E-state index contributed by atoms with van der Waals surface area (Å²) in [5, 5.41) is 13.1. The number of hydrogen-bond donors (Lipinski definition) is 2. The number of aliphatic hydroxyl groups excluding tert-OH is 1. The van der Waals surface area contributed by atoms with Gasteiger partial charge in [-0.2, -0.15) is 18.3 Å². The van der Waals surface area contributed by atoms with Crippen molar-refractivity contribution < 1.29 is 23.1 Å². The summed E-state index contributed by atoms with van der Waals surface area (Å²) in [6, 6.07) is 1.38. The summed E-state index contributed by atoms with van der Waals surface area (Å²) in [7, 11) is 0. The molecule has 0 unspecified atom stereocenters. The Kier molecular flexibility index (Phi) is 3.71. The number of nitrogens with zero attached hydrogens (tertiary/aromatic N) is 4. The minimum atomic E-state index is -4.80. The molecule has 1 amide bonds. The zero-order chi connectivity index (χ0) is 17.6. The summed E-state index contributed by atoms with van der Waals surface area (Å²) in [5.74, 6) is -0.742. The normalized spacial score (nSPS) is 15.5. The summed E-state index contributed by atoms with van der Waals surface area (Å²) in [5.41, 5.74) is 3.70. The Labute approximate surface area is 134 Å². The van der Waals surface area contributed by atoms with Crippen LogP contribution in [0.25, 0.3) is 5.69 Å². The number of alkyl halides is 3. The van der Waals surface area contributed by atoms with Gasteiger partial charge in [-0.15, -0.1) is 0 Å². The molecule has 1 aliphatic heterocycles. The monoisotopic (exact) mass is 341 g/mol. The zero-order valence-electron chi connectivity index (χ0n) is 12.6. The van der Waals surface area contributed by atoms with Crippen LogP contribution in [0.4, 0.5) is 19.0 Å². The van der Waals surface area contributed by atoms with Crippen molar-refractivity contribution in [2.45, 2.75) is 19.2 Å². The van der Waals surface area contributed by atoms with Gasteiger partial charge in [0.05, 0.1) is 23.6 Å². The second-order valence-electron chi connectivity index (χ2n) is 5.52. The van der Waals surface area contributed by atoms with Crippen LogP contribution in [0.5, 0.6) is 0 Å². The van der Waals surface area contributed by atoms with Crippen molar-refractivity contribution in [1.82, 2.24) is 14.8 Å². The molecule has 0 bridgehead atoms. The Balaban J connectivity index is 2.13. The molecule has 2 aromatic rings. The minimum absolute atomic E-state index is 0.140. The molecule has 2 aromatic heterocycles. The van der Waals surface area contributed by atoms with Gasteiger partial charge in [-0.1, -0.05) is 0 Å².